The van der Waals surface area contributed by atoms with Crippen molar-refractivity contribution in [2.75, 3.05) is 7.11 Å². The number of ether oxygens (including phenoxy) is 2. The maximum Gasteiger partial charge on any atom is 0.695 e. The van der Waals surface area contributed by atoms with E-state index in [0.717, 1.165) is 10.6 Å². The van der Waals surface area contributed by atoms with Gasteiger partial charge in [-0.25, -0.2) is 4.79 Å². The van der Waals surface area contributed by atoms with Crippen molar-refractivity contribution in [2.24, 2.45) is 0 Å². The molecule has 1 aromatic heterocycles. The topological polar surface area (TPSA) is 140 Å². The molecule has 0 aromatic carbocycles. The van der Waals surface area contributed by atoms with Crippen molar-refractivity contribution in [3.8, 4) is 0 Å². The van der Waals surface area contributed by atoms with Gasteiger partial charge in [-0.05, 0) is 6.92 Å². The zero-order valence-electron chi connectivity index (χ0n) is 11.8. The molecule has 2 heterocycles. The van der Waals surface area contributed by atoms with E-state index in [1.165, 1.54) is 20.2 Å². The van der Waals surface area contributed by atoms with Crippen molar-refractivity contribution < 1.29 is 28.6 Å². The van der Waals surface area contributed by atoms with E-state index in [0.29, 0.717) is 0 Å². The van der Waals surface area contributed by atoms with Gasteiger partial charge in [0, 0.05) is 23.9 Å². The molecule has 1 saturated heterocycles. The molecule has 0 radical (unpaired) electrons. The van der Waals surface area contributed by atoms with Gasteiger partial charge in [0.15, 0.2) is 12.3 Å². The summed E-state index contributed by atoms with van der Waals surface area (Å²) >= 11 is 0. The molecule has 2 rings (SSSR count). The number of nitrogens with zero attached hydrogens (tertiary/aromatic N) is 1. The third kappa shape index (κ3) is 3.32. The minimum Gasteiger partial charge on any atom is -0.391 e. The molecule has 22 heavy (non-hydrogen) atoms. The van der Waals surface area contributed by atoms with Crippen molar-refractivity contribution in [2.45, 2.75) is 37.6 Å². The zero-order valence-corrected chi connectivity index (χ0v) is 12.7. The molecule has 3 unspecified atom stereocenters. The summed E-state index contributed by atoms with van der Waals surface area (Å²) in [4.78, 5) is 34.0. The van der Waals surface area contributed by atoms with Gasteiger partial charge in [-0.1, -0.05) is 0 Å². The Hall–Kier alpha value is -1.42. The second-order valence-electron chi connectivity index (χ2n) is 4.76. The van der Waals surface area contributed by atoms with Gasteiger partial charge in [0.25, 0.3) is 5.56 Å². The van der Waals surface area contributed by atoms with Gasteiger partial charge in [-0.3, -0.25) is 14.3 Å². The van der Waals surface area contributed by atoms with Crippen LogP contribution in [0.5, 0.6) is 0 Å². The van der Waals surface area contributed by atoms with Gasteiger partial charge >= 0.3 is 13.9 Å². The van der Waals surface area contributed by atoms with Crippen LogP contribution in [0, 0.1) is 0 Å². The Bertz CT molecular complexity index is 656. The summed E-state index contributed by atoms with van der Waals surface area (Å²) in [6.07, 6.45) is -3.86. The SMILES string of the molecule is CO[C@H]1C(O[P+](=O)O)[C@@H](C(C)O)O[C@H]1n1ccc(=O)[nH]c1=O. The Balaban J connectivity index is 2.41. The average Bonchev–Trinajstić information content (AvgIpc) is 2.76. The van der Waals surface area contributed by atoms with E-state index in [4.69, 9.17) is 18.9 Å². The number of aromatic nitrogens is 2. The lowest BCUT2D eigenvalue weighted by Gasteiger charge is -2.19. The molecule has 1 fully saturated rings. The van der Waals surface area contributed by atoms with Gasteiger partial charge in [0.1, 0.15) is 12.2 Å². The number of nitrogens with one attached hydrogen (secondary N) is 1. The van der Waals surface area contributed by atoms with Crippen molar-refractivity contribution in [1.82, 2.24) is 9.55 Å². The van der Waals surface area contributed by atoms with Crippen LogP contribution in [-0.4, -0.2) is 51.1 Å². The van der Waals surface area contributed by atoms with Gasteiger partial charge < -0.3 is 14.6 Å². The smallest absolute Gasteiger partial charge is 0.391 e. The van der Waals surface area contributed by atoms with Gasteiger partial charge in [0.2, 0.25) is 0 Å². The van der Waals surface area contributed by atoms with E-state index in [-0.39, 0.29) is 0 Å². The van der Waals surface area contributed by atoms with Crippen LogP contribution in [0.4, 0.5) is 0 Å². The molecule has 1 aromatic rings. The van der Waals surface area contributed by atoms with Crippen LogP contribution in [0.2, 0.25) is 0 Å². The summed E-state index contributed by atoms with van der Waals surface area (Å²) in [7, 11) is -1.65. The molecular weight excluding hydrogens is 319 g/mol. The highest BCUT2D eigenvalue weighted by molar-refractivity contribution is 7.32. The lowest BCUT2D eigenvalue weighted by molar-refractivity contribution is -0.0817. The van der Waals surface area contributed by atoms with Crippen molar-refractivity contribution in [1.29, 1.82) is 0 Å². The highest BCUT2D eigenvalue weighted by Gasteiger charge is 2.52. The molecule has 1 aliphatic rings. The second-order valence-corrected chi connectivity index (χ2v) is 5.44. The van der Waals surface area contributed by atoms with Crippen LogP contribution in [0.25, 0.3) is 0 Å². The Morgan fingerprint density at radius 1 is 1.45 bits per heavy atom. The van der Waals surface area contributed by atoms with E-state index >= 15 is 0 Å². The van der Waals surface area contributed by atoms with Crippen molar-refractivity contribution in [3.63, 3.8) is 0 Å². The maximum atomic E-state index is 11.9. The number of aliphatic hydroxyl groups is 1. The average molecular weight is 335 g/mol. The summed E-state index contributed by atoms with van der Waals surface area (Å²) in [5, 5.41) is 9.74. The summed E-state index contributed by atoms with van der Waals surface area (Å²) < 4.78 is 27.6. The summed E-state index contributed by atoms with van der Waals surface area (Å²) in [6.45, 7) is 1.41. The number of aliphatic hydroxyl groups excluding tert-OH is 1. The number of methoxy groups -OCH3 is 1. The second kappa shape index (κ2) is 6.78. The molecule has 0 spiro atoms. The first-order valence-corrected chi connectivity index (χ1v) is 7.49. The highest BCUT2D eigenvalue weighted by Crippen LogP contribution is 2.37. The number of aromatic amines is 1. The Morgan fingerprint density at radius 3 is 2.64 bits per heavy atom. The third-order valence-electron chi connectivity index (χ3n) is 3.31. The van der Waals surface area contributed by atoms with Gasteiger partial charge in [-0.2, -0.15) is 0 Å². The number of rotatable bonds is 5. The molecular formula is C11H16N2O8P+. The van der Waals surface area contributed by atoms with E-state index in [2.05, 4.69) is 4.98 Å². The van der Waals surface area contributed by atoms with Crippen molar-refractivity contribution >= 4 is 8.25 Å². The molecule has 3 N–H and O–H groups in total. The van der Waals surface area contributed by atoms with E-state index in [9.17, 15) is 19.3 Å². The quantitative estimate of drug-likeness (QED) is 0.574. The molecule has 6 atom stereocenters. The predicted molar refractivity (Wildman–Crippen MR) is 72.4 cm³/mol. The molecule has 0 saturated carbocycles. The number of hydrogen-bond donors (Lipinski definition) is 3. The minimum atomic E-state index is -2.96. The summed E-state index contributed by atoms with van der Waals surface area (Å²) in [5.74, 6) is 0. The Morgan fingerprint density at radius 2 is 2.14 bits per heavy atom. The van der Waals surface area contributed by atoms with Crippen LogP contribution < -0.4 is 11.2 Å². The number of H-pyrrole nitrogens is 1. The fourth-order valence-corrected chi connectivity index (χ4v) is 2.83. The van der Waals surface area contributed by atoms with E-state index in [1.54, 1.807) is 0 Å². The molecule has 1 aliphatic heterocycles. The summed E-state index contributed by atoms with van der Waals surface area (Å²) in [5.41, 5.74) is -1.32. The molecule has 0 bridgehead atoms. The van der Waals surface area contributed by atoms with Crippen LogP contribution >= 0.6 is 8.25 Å². The van der Waals surface area contributed by atoms with Crippen molar-refractivity contribution in [3.05, 3.63) is 33.1 Å². The number of hydrogen-bond acceptors (Lipinski definition) is 7. The molecule has 11 heteroatoms. The Labute approximate surface area is 125 Å². The monoisotopic (exact) mass is 335 g/mol. The van der Waals surface area contributed by atoms with Gasteiger partial charge in [-0.15, -0.1) is 9.42 Å². The Kier molecular flexibility index (Phi) is 5.22. The molecule has 0 aliphatic carbocycles. The minimum absolute atomic E-state index is 0.577. The van der Waals surface area contributed by atoms with E-state index < -0.39 is 50.1 Å². The largest absolute Gasteiger partial charge is 0.695 e. The first-order valence-electron chi connectivity index (χ1n) is 6.36. The molecule has 10 nitrogen and oxygen atoms in total. The fourth-order valence-electron chi connectivity index (χ4n) is 2.38. The molecule has 122 valence electrons. The van der Waals surface area contributed by atoms with Crippen LogP contribution in [0.3, 0.4) is 0 Å². The summed E-state index contributed by atoms with van der Waals surface area (Å²) in [6, 6.07) is 1.12. The zero-order chi connectivity index (χ0) is 16.4. The first-order chi connectivity index (χ1) is 10.3. The van der Waals surface area contributed by atoms with Crippen LogP contribution in [0.15, 0.2) is 21.9 Å². The first kappa shape index (κ1) is 16.9. The van der Waals surface area contributed by atoms with Gasteiger partial charge in [0.05, 0.1) is 6.10 Å². The normalized spacial score (nSPS) is 30.3. The van der Waals surface area contributed by atoms with Crippen LogP contribution in [0.1, 0.15) is 13.2 Å². The molecule has 0 amide bonds. The lowest BCUT2D eigenvalue weighted by Crippen LogP contribution is -2.40. The van der Waals surface area contributed by atoms with Crippen LogP contribution in [-0.2, 0) is 18.6 Å². The highest BCUT2D eigenvalue weighted by atomic mass is 31.1. The van der Waals surface area contributed by atoms with E-state index in [1.807, 2.05) is 0 Å². The standard InChI is InChI=1S/C11H15N2O8P/c1-5(14)7-8(21-22(17)18)9(19-2)10(20-7)13-4-3-6(15)12-11(13)16/h3-5,7-10,14H,1-2H3,(H-,12,15,16,17,18)/p+1/t5?,7-,8?,9+,10-/m1/s1. The predicted octanol–water partition coefficient (Wildman–Crippen LogP) is -1.14. The third-order valence-corrected chi connectivity index (χ3v) is 3.73. The lowest BCUT2D eigenvalue weighted by atomic mass is 10.1. The maximum absolute atomic E-state index is 11.9. The fraction of sp³-hybridized carbons (Fsp3) is 0.636.